The van der Waals surface area contributed by atoms with Crippen LogP contribution in [-0.2, 0) is 0 Å². The van der Waals surface area contributed by atoms with Crippen LogP contribution >= 0.6 is 0 Å². The first-order valence-corrected chi connectivity index (χ1v) is 7.44. The minimum Gasteiger partial charge on any atom is -0.398 e. The fourth-order valence-corrected chi connectivity index (χ4v) is 2.82. The van der Waals surface area contributed by atoms with Crippen molar-refractivity contribution in [2.45, 2.75) is 18.9 Å². The van der Waals surface area contributed by atoms with Crippen molar-refractivity contribution in [1.82, 2.24) is 5.32 Å². The summed E-state index contributed by atoms with van der Waals surface area (Å²) in [5.74, 6) is -0.190. The van der Waals surface area contributed by atoms with Crippen LogP contribution in [0, 0.1) is 0 Å². The minimum absolute atomic E-state index is 0.0299. The summed E-state index contributed by atoms with van der Waals surface area (Å²) in [4.78, 5) is 25.1. The molecule has 0 spiro atoms. The second-order valence-electron chi connectivity index (χ2n) is 5.48. The van der Waals surface area contributed by atoms with E-state index >= 15 is 0 Å². The third-order valence-corrected chi connectivity index (χ3v) is 4.03. The number of nitrogens with two attached hydrogens (primary N) is 1. The summed E-state index contributed by atoms with van der Waals surface area (Å²) in [6.45, 7) is 0.846. The first-order chi connectivity index (χ1) is 10.7. The summed E-state index contributed by atoms with van der Waals surface area (Å²) in [6, 6.07) is 13.8. The van der Waals surface area contributed by atoms with Crippen LogP contribution in [0.15, 0.2) is 48.5 Å². The summed E-state index contributed by atoms with van der Waals surface area (Å²) in [6.07, 6.45) is 1.80. The van der Waals surface area contributed by atoms with Crippen molar-refractivity contribution in [3.63, 3.8) is 0 Å². The third-order valence-electron chi connectivity index (χ3n) is 4.03. The van der Waals surface area contributed by atoms with Crippen LogP contribution in [0.1, 0.15) is 39.1 Å². The molecule has 2 aromatic rings. The molecule has 3 rings (SSSR count). The first-order valence-electron chi connectivity index (χ1n) is 7.44. The van der Waals surface area contributed by atoms with Crippen molar-refractivity contribution < 1.29 is 9.59 Å². The molecule has 0 bridgehead atoms. The standard InChI is InChI=1S/C18H18N2O2/c19-16-13(17(21)12-6-2-1-3-7-12)8-4-9-14(16)18(22)15-10-5-11-20-15/h1-4,6-9,15,20H,5,10-11,19H2. The number of ketones is 2. The lowest BCUT2D eigenvalue weighted by molar-refractivity contribution is 0.0953. The topological polar surface area (TPSA) is 72.2 Å². The Hall–Kier alpha value is -2.46. The van der Waals surface area contributed by atoms with E-state index in [9.17, 15) is 9.59 Å². The molecular formula is C18H18N2O2. The van der Waals surface area contributed by atoms with E-state index in [1.807, 2.05) is 6.07 Å². The Labute approximate surface area is 129 Å². The van der Waals surface area contributed by atoms with Gasteiger partial charge in [0.15, 0.2) is 11.6 Å². The summed E-state index contributed by atoms with van der Waals surface area (Å²) in [5, 5.41) is 3.17. The van der Waals surface area contributed by atoms with E-state index < -0.39 is 0 Å². The average molecular weight is 294 g/mol. The number of carbonyl (C=O) groups is 2. The van der Waals surface area contributed by atoms with E-state index in [1.54, 1.807) is 42.5 Å². The average Bonchev–Trinajstić information content (AvgIpc) is 3.09. The largest absolute Gasteiger partial charge is 0.398 e. The number of para-hydroxylation sites is 1. The summed E-state index contributed by atoms with van der Waals surface area (Å²) in [7, 11) is 0. The van der Waals surface area contributed by atoms with Gasteiger partial charge in [-0.3, -0.25) is 9.59 Å². The highest BCUT2D eigenvalue weighted by Gasteiger charge is 2.26. The number of nitrogen functional groups attached to an aromatic ring is 1. The van der Waals surface area contributed by atoms with E-state index in [4.69, 9.17) is 5.73 Å². The van der Waals surface area contributed by atoms with Gasteiger partial charge in [0.05, 0.1) is 11.7 Å². The lowest BCUT2D eigenvalue weighted by Gasteiger charge is -2.13. The lowest BCUT2D eigenvalue weighted by Crippen LogP contribution is -2.31. The molecule has 2 aromatic carbocycles. The van der Waals surface area contributed by atoms with Gasteiger partial charge in [-0.1, -0.05) is 36.4 Å². The van der Waals surface area contributed by atoms with Gasteiger partial charge >= 0.3 is 0 Å². The van der Waals surface area contributed by atoms with Gasteiger partial charge in [-0.25, -0.2) is 0 Å². The van der Waals surface area contributed by atoms with Gasteiger partial charge in [0, 0.05) is 16.7 Å². The predicted molar refractivity (Wildman–Crippen MR) is 86.1 cm³/mol. The highest BCUT2D eigenvalue weighted by Crippen LogP contribution is 2.23. The number of rotatable bonds is 4. The Balaban J connectivity index is 1.95. The molecule has 1 aliphatic rings. The Morgan fingerprint density at radius 2 is 1.73 bits per heavy atom. The molecule has 1 unspecified atom stereocenters. The first kappa shape index (κ1) is 14.5. The van der Waals surface area contributed by atoms with E-state index in [1.165, 1.54) is 0 Å². The number of benzene rings is 2. The Morgan fingerprint density at radius 3 is 2.41 bits per heavy atom. The quantitative estimate of drug-likeness (QED) is 0.671. The third kappa shape index (κ3) is 2.65. The number of Topliss-reactive ketones (excluding diaryl/α,β-unsaturated/α-hetero) is 1. The molecule has 112 valence electrons. The number of anilines is 1. The maximum Gasteiger partial charge on any atom is 0.195 e. The zero-order valence-electron chi connectivity index (χ0n) is 12.2. The van der Waals surface area contributed by atoms with Crippen LogP contribution in [0.3, 0.4) is 0 Å². The number of nitrogens with one attached hydrogen (secondary N) is 1. The Morgan fingerprint density at radius 1 is 1.00 bits per heavy atom. The molecule has 0 saturated carbocycles. The van der Waals surface area contributed by atoms with E-state index in [0.717, 1.165) is 19.4 Å². The molecule has 1 heterocycles. The summed E-state index contributed by atoms with van der Waals surface area (Å²) >= 11 is 0. The zero-order valence-corrected chi connectivity index (χ0v) is 12.2. The zero-order chi connectivity index (χ0) is 15.5. The predicted octanol–water partition coefficient (Wildman–Crippen LogP) is 2.43. The Kier molecular flexibility index (Phi) is 4.02. The summed E-state index contributed by atoms with van der Waals surface area (Å²) < 4.78 is 0. The van der Waals surface area contributed by atoms with Gasteiger partial charge in [-0.15, -0.1) is 0 Å². The molecule has 0 aromatic heterocycles. The van der Waals surface area contributed by atoms with Crippen LogP contribution in [0.25, 0.3) is 0 Å². The van der Waals surface area contributed by atoms with Crippen molar-refractivity contribution in [3.8, 4) is 0 Å². The second-order valence-corrected chi connectivity index (χ2v) is 5.48. The van der Waals surface area contributed by atoms with Crippen molar-refractivity contribution >= 4 is 17.3 Å². The van der Waals surface area contributed by atoms with E-state index in [0.29, 0.717) is 16.7 Å². The Bertz CT molecular complexity index is 704. The fraction of sp³-hybridized carbons (Fsp3) is 0.222. The maximum atomic E-state index is 12.6. The smallest absolute Gasteiger partial charge is 0.195 e. The van der Waals surface area contributed by atoms with Crippen LogP contribution < -0.4 is 11.1 Å². The molecule has 1 saturated heterocycles. The van der Waals surface area contributed by atoms with E-state index in [2.05, 4.69) is 5.32 Å². The molecule has 0 aliphatic carbocycles. The van der Waals surface area contributed by atoms with Crippen LogP contribution in [-0.4, -0.2) is 24.2 Å². The van der Waals surface area contributed by atoms with Gasteiger partial charge in [-0.05, 0) is 31.5 Å². The number of hydrogen-bond donors (Lipinski definition) is 2. The molecule has 1 aliphatic heterocycles. The molecule has 0 radical (unpaired) electrons. The van der Waals surface area contributed by atoms with Gasteiger partial charge < -0.3 is 11.1 Å². The van der Waals surface area contributed by atoms with Crippen molar-refractivity contribution in [2.24, 2.45) is 0 Å². The van der Waals surface area contributed by atoms with Gasteiger partial charge in [0.25, 0.3) is 0 Å². The molecule has 1 fully saturated rings. The highest BCUT2D eigenvalue weighted by molar-refractivity contribution is 6.15. The minimum atomic E-state index is -0.190. The van der Waals surface area contributed by atoms with Crippen molar-refractivity contribution in [2.75, 3.05) is 12.3 Å². The number of carbonyl (C=O) groups excluding carboxylic acids is 2. The SMILES string of the molecule is Nc1c(C(=O)c2ccccc2)cccc1C(=O)C1CCCN1. The molecule has 0 amide bonds. The van der Waals surface area contributed by atoms with Crippen molar-refractivity contribution in [3.05, 3.63) is 65.2 Å². The van der Waals surface area contributed by atoms with Gasteiger partial charge in [0.2, 0.25) is 0 Å². The van der Waals surface area contributed by atoms with Crippen LogP contribution in [0.5, 0.6) is 0 Å². The monoisotopic (exact) mass is 294 g/mol. The fourth-order valence-electron chi connectivity index (χ4n) is 2.82. The summed E-state index contributed by atoms with van der Waals surface area (Å²) in [5.41, 5.74) is 7.78. The van der Waals surface area contributed by atoms with Crippen LogP contribution in [0.4, 0.5) is 5.69 Å². The normalized spacial score (nSPS) is 17.4. The van der Waals surface area contributed by atoms with Crippen molar-refractivity contribution in [1.29, 1.82) is 0 Å². The van der Waals surface area contributed by atoms with Gasteiger partial charge in [0.1, 0.15) is 0 Å². The second kappa shape index (κ2) is 6.12. The lowest BCUT2D eigenvalue weighted by atomic mass is 9.95. The molecule has 1 atom stereocenters. The molecule has 3 N–H and O–H groups in total. The number of hydrogen-bond acceptors (Lipinski definition) is 4. The molecule has 4 nitrogen and oxygen atoms in total. The molecular weight excluding hydrogens is 276 g/mol. The molecule has 22 heavy (non-hydrogen) atoms. The molecule has 4 heteroatoms. The van der Waals surface area contributed by atoms with Crippen LogP contribution in [0.2, 0.25) is 0 Å². The maximum absolute atomic E-state index is 12.6. The van der Waals surface area contributed by atoms with Gasteiger partial charge in [-0.2, -0.15) is 0 Å². The highest BCUT2D eigenvalue weighted by atomic mass is 16.1. The van der Waals surface area contributed by atoms with E-state index in [-0.39, 0.29) is 23.3 Å².